The highest BCUT2D eigenvalue weighted by Crippen LogP contribution is 2.19. The second kappa shape index (κ2) is 4.92. The largest absolute Gasteiger partial charge is 0.443 e. The van der Waals surface area contributed by atoms with E-state index in [0.717, 1.165) is 15.8 Å². The van der Waals surface area contributed by atoms with Crippen molar-refractivity contribution in [2.24, 2.45) is 5.41 Å². The average molecular weight is 326 g/mol. The van der Waals surface area contributed by atoms with Crippen molar-refractivity contribution in [3.63, 3.8) is 0 Å². The van der Waals surface area contributed by atoms with Gasteiger partial charge in [0.05, 0.1) is 11.1 Å². The molecule has 0 aliphatic carbocycles. The van der Waals surface area contributed by atoms with Gasteiger partial charge in [-0.05, 0) is 49.7 Å². The molecule has 0 N–H and O–H groups in total. The van der Waals surface area contributed by atoms with Crippen molar-refractivity contribution in [3.8, 4) is 0 Å². The number of aryl methyl sites for hydroxylation is 1. The smallest absolute Gasteiger partial charge is 0.312 e. The average Bonchev–Trinajstić information content (AvgIpc) is 2.68. The lowest BCUT2D eigenvalue weighted by molar-refractivity contribution is -0.156. The Bertz CT molecular complexity index is 629. The van der Waals surface area contributed by atoms with Crippen molar-refractivity contribution in [3.05, 3.63) is 22.6 Å². The van der Waals surface area contributed by atoms with E-state index < -0.39 is 5.41 Å². The fraction of sp³-hybridized carbons (Fsp3) is 0.462. The first-order valence-corrected chi connectivity index (χ1v) is 6.74. The van der Waals surface area contributed by atoms with Crippen LogP contribution in [0.5, 0.6) is 0 Å². The number of aromatic nitrogens is 3. The summed E-state index contributed by atoms with van der Waals surface area (Å²) in [6.07, 6.45) is 1.81. The minimum Gasteiger partial charge on any atom is -0.443 e. The maximum Gasteiger partial charge on any atom is 0.312 e. The number of carbonyl (C=O) groups is 1. The molecule has 0 aliphatic rings. The summed E-state index contributed by atoms with van der Waals surface area (Å²) in [5, 5.41) is 0. The van der Waals surface area contributed by atoms with E-state index in [9.17, 15) is 4.79 Å². The number of nitrogens with zero attached hydrogens (tertiary/aromatic N) is 3. The summed E-state index contributed by atoms with van der Waals surface area (Å²) in [6, 6.07) is 1.84. The predicted molar refractivity (Wildman–Crippen MR) is 75.5 cm³/mol. The molecule has 19 heavy (non-hydrogen) atoms. The van der Waals surface area contributed by atoms with Crippen molar-refractivity contribution >= 4 is 33.1 Å². The number of hydrogen-bond donors (Lipinski definition) is 0. The van der Waals surface area contributed by atoms with Crippen LogP contribution < -0.4 is 0 Å². The Hall–Kier alpha value is -1.43. The van der Waals surface area contributed by atoms with Gasteiger partial charge >= 0.3 is 5.97 Å². The molecule has 6 heteroatoms. The van der Waals surface area contributed by atoms with Gasteiger partial charge < -0.3 is 4.74 Å². The number of fused-ring (bicyclic) bond motifs is 1. The molecule has 0 saturated heterocycles. The number of ether oxygens (including phenoxy) is 1. The van der Waals surface area contributed by atoms with Crippen molar-refractivity contribution in [2.75, 3.05) is 0 Å². The van der Waals surface area contributed by atoms with Crippen molar-refractivity contribution in [1.82, 2.24) is 14.5 Å². The zero-order chi connectivity index (χ0) is 14.2. The Morgan fingerprint density at radius 3 is 2.74 bits per heavy atom. The molecule has 0 fully saturated rings. The molecule has 0 atom stereocenters. The third-order valence-electron chi connectivity index (χ3n) is 2.65. The van der Waals surface area contributed by atoms with Crippen LogP contribution >= 0.6 is 15.9 Å². The van der Waals surface area contributed by atoms with Crippen molar-refractivity contribution in [2.45, 2.75) is 34.4 Å². The molecule has 0 spiro atoms. The maximum absolute atomic E-state index is 11.7. The van der Waals surface area contributed by atoms with Gasteiger partial charge in [0.2, 0.25) is 0 Å². The van der Waals surface area contributed by atoms with Crippen LogP contribution in [0.25, 0.3) is 11.2 Å². The standard InChI is InChI=1S/C13H16BrN3O2/c1-8-10(14)16-9-5-6-17(11(9)15-8)7-19-12(18)13(2,3)4/h5-6H,7H2,1-4H3. The molecule has 2 aromatic rings. The summed E-state index contributed by atoms with van der Waals surface area (Å²) in [5.41, 5.74) is 1.77. The minimum absolute atomic E-state index is 0.148. The molecular formula is C13H16BrN3O2. The first-order chi connectivity index (χ1) is 8.79. The van der Waals surface area contributed by atoms with Crippen LogP contribution in [0, 0.1) is 12.3 Å². The summed E-state index contributed by atoms with van der Waals surface area (Å²) >= 11 is 3.35. The molecule has 5 nitrogen and oxygen atoms in total. The number of esters is 1. The van der Waals surface area contributed by atoms with Gasteiger partial charge in [-0.25, -0.2) is 9.97 Å². The van der Waals surface area contributed by atoms with Crippen LogP contribution in [0.1, 0.15) is 26.5 Å². The fourth-order valence-corrected chi connectivity index (χ4v) is 1.78. The third-order valence-corrected chi connectivity index (χ3v) is 3.40. The monoisotopic (exact) mass is 325 g/mol. The van der Waals surface area contributed by atoms with E-state index in [1.165, 1.54) is 0 Å². The van der Waals surface area contributed by atoms with Gasteiger partial charge in [-0.1, -0.05) is 0 Å². The Labute approximate surface area is 120 Å². The molecule has 2 aromatic heterocycles. The lowest BCUT2D eigenvalue weighted by Crippen LogP contribution is -2.23. The molecule has 0 bridgehead atoms. The molecule has 2 rings (SSSR count). The van der Waals surface area contributed by atoms with Gasteiger partial charge in [0.1, 0.15) is 10.1 Å². The van der Waals surface area contributed by atoms with E-state index in [2.05, 4.69) is 25.9 Å². The SMILES string of the molecule is Cc1nc2c(ccn2COC(=O)C(C)(C)C)nc1Br. The minimum atomic E-state index is -0.506. The Balaban J connectivity index is 2.23. The lowest BCUT2D eigenvalue weighted by atomic mass is 9.98. The van der Waals surface area contributed by atoms with Crippen molar-refractivity contribution < 1.29 is 9.53 Å². The van der Waals surface area contributed by atoms with E-state index in [4.69, 9.17) is 4.74 Å². The van der Waals surface area contributed by atoms with Gasteiger partial charge in [-0.2, -0.15) is 0 Å². The first-order valence-electron chi connectivity index (χ1n) is 5.95. The molecule has 102 valence electrons. The second-order valence-electron chi connectivity index (χ2n) is 5.41. The predicted octanol–water partition coefficient (Wildman–Crippen LogP) is 3.05. The molecule has 2 heterocycles. The highest BCUT2D eigenvalue weighted by Gasteiger charge is 2.23. The van der Waals surface area contributed by atoms with E-state index in [1.54, 1.807) is 4.57 Å². The van der Waals surface area contributed by atoms with E-state index in [1.807, 2.05) is 40.0 Å². The molecule has 0 radical (unpaired) electrons. The summed E-state index contributed by atoms with van der Waals surface area (Å²) in [6.45, 7) is 7.49. The first kappa shape index (κ1) is 14.0. The van der Waals surface area contributed by atoms with E-state index >= 15 is 0 Å². The fourth-order valence-electron chi connectivity index (χ4n) is 1.50. The Morgan fingerprint density at radius 2 is 2.11 bits per heavy atom. The lowest BCUT2D eigenvalue weighted by Gasteiger charge is -2.17. The van der Waals surface area contributed by atoms with Crippen molar-refractivity contribution in [1.29, 1.82) is 0 Å². The number of carbonyl (C=O) groups excluding carboxylic acids is 1. The summed E-state index contributed by atoms with van der Waals surface area (Å²) in [7, 11) is 0. The third kappa shape index (κ3) is 2.94. The maximum atomic E-state index is 11.7. The zero-order valence-electron chi connectivity index (χ0n) is 11.4. The second-order valence-corrected chi connectivity index (χ2v) is 6.16. The number of halogens is 1. The zero-order valence-corrected chi connectivity index (χ0v) is 13.0. The molecule has 0 saturated carbocycles. The van der Waals surface area contributed by atoms with Crippen LogP contribution in [0.3, 0.4) is 0 Å². The highest BCUT2D eigenvalue weighted by molar-refractivity contribution is 9.10. The summed E-state index contributed by atoms with van der Waals surface area (Å²) in [4.78, 5) is 20.5. The van der Waals surface area contributed by atoms with Gasteiger partial charge in [0, 0.05) is 6.20 Å². The van der Waals surface area contributed by atoms with Crippen LogP contribution in [0.2, 0.25) is 0 Å². The van der Waals surface area contributed by atoms with E-state index in [-0.39, 0.29) is 12.7 Å². The van der Waals surface area contributed by atoms with Crippen LogP contribution in [-0.2, 0) is 16.3 Å². The molecular weight excluding hydrogens is 310 g/mol. The van der Waals surface area contributed by atoms with Crippen LogP contribution in [0.15, 0.2) is 16.9 Å². The Morgan fingerprint density at radius 1 is 1.42 bits per heavy atom. The van der Waals surface area contributed by atoms with Gasteiger partial charge in [-0.15, -0.1) is 0 Å². The summed E-state index contributed by atoms with van der Waals surface area (Å²) in [5.74, 6) is -0.240. The topological polar surface area (TPSA) is 57.0 Å². The quantitative estimate of drug-likeness (QED) is 0.796. The van der Waals surface area contributed by atoms with Crippen LogP contribution in [-0.4, -0.2) is 20.5 Å². The molecule has 0 amide bonds. The normalized spacial score (nSPS) is 11.8. The number of hydrogen-bond acceptors (Lipinski definition) is 4. The Kier molecular flexibility index (Phi) is 3.62. The van der Waals surface area contributed by atoms with Gasteiger partial charge in [-0.3, -0.25) is 9.36 Å². The summed E-state index contributed by atoms with van der Waals surface area (Å²) < 4.78 is 7.77. The molecule has 0 aromatic carbocycles. The molecule has 0 aliphatic heterocycles. The molecule has 0 unspecified atom stereocenters. The van der Waals surface area contributed by atoms with Gasteiger partial charge in [0.25, 0.3) is 0 Å². The van der Waals surface area contributed by atoms with E-state index in [0.29, 0.717) is 5.65 Å². The highest BCUT2D eigenvalue weighted by atomic mass is 79.9. The van der Waals surface area contributed by atoms with Gasteiger partial charge in [0.15, 0.2) is 12.4 Å². The van der Waals surface area contributed by atoms with Crippen LogP contribution in [0.4, 0.5) is 0 Å². The number of rotatable bonds is 2.